The Morgan fingerprint density at radius 3 is 2.12 bits per heavy atom. The highest BCUT2D eigenvalue weighted by Crippen LogP contribution is 2.30. The molecule has 0 saturated carbocycles. The summed E-state index contributed by atoms with van der Waals surface area (Å²) in [6, 6.07) is 4.65. The number of carbonyl (C=O) groups excluding carboxylic acids is 1. The van der Waals surface area contributed by atoms with E-state index in [9.17, 15) is 18.0 Å². The summed E-state index contributed by atoms with van der Waals surface area (Å²) in [6.07, 6.45) is -3.67. The van der Waals surface area contributed by atoms with Gasteiger partial charge in [0.25, 0.3) is 0 Å². The zero-order valence-corrected chi connectivity index (χ0v) is 14.0. The molecule has 1 heterocycles. The molecule has 1 saturated heterocycles. The van der Waals surface area contributed by atoms with Gasteiger partial charge >= 0.3 is 6.18 Å². The second-order valence-corrected chi connectivity index (χ2v) is 6.59. The van der Waals surface area contributed by atoms with Crippen molar-refractivity contribution in [1.29, 1.82) is 0 Å². The van der Waals surface area contributed by atoms with Crippen LogP contribution >= 0.6 is 0 Å². The molecule has 2 rings (SSSR count). The number of nitrogens with zero attached hydrogens (tertiary/aromatic N) is 2. The van der Waals surface area contributed by atoms with Gasteiger partial charge in [0.1, 0.15) is 0 Å². The lowest BCUT2D eigenvalue weighted by Gasteiger charge is -2.37. The van der Waals surface area contributed by atoms with Crippen molar-refractivity contribution >= 4 is 11.6 Å². The van der Waals surface area contributed by atoms with Gasteiger partial charge in [-0.15, -0.1) is 0 Å². The van der Waals surface area contributed by atoms with E-state index in [0.29, 0.717) is 38.5 Å². The smallest absolute Gasteiger partial charge is 0.368 e. The third-order valence-corrected chi connectivity index (χ3v) is 4.19. The molecule has 1 aliphatic rings. The van der Waals surface area contributed by atoms with Crippen molar-refractivity contribution in [1.82, 2.24) is 4.90 Å². The fraction of sp³-hybridized carbons (Fsp3) is 0.588. The minimum atomic E-state index is -4.32. The van der Waals surface area contributed by atoms with Gasteiger partial charge in [0.05, 0.1) is 11.6 Å². The number of halogens is 3. The first kappa shape index (κ1) is 18.6. The summed E-state index contributed by atoms with van der Waals surface area (Å²) in [5, 5.41) is 0. The molecular formula is C17H24F3N3O. The summed E-state index contributed by atoms with van der Waals surface area (Å²) in [5.74, 6) is 0.313. The van der Waals surface area contributed by atoms with Crippen LogP contribution in [-0.2, 0) is 11.0 Å². The fourth-order valence-corrected chi connectivity index (χ4v) is 2.89. The Morgan fingerprint density at radius 1 is 1.12 bits per heavy atom. The van der Waals surface area contributed by atoms with Gasteiger partial charge in [-0.1, -0.05) is 13.8 Å². The zero-order chi connectivity index (χ0) is 17.9. The van der Waals surface area contributed by atoms with Gasteiger partial charge in [0.15, 0.2) is 0 Å². The number of rotatable bonds is 4. The second kappa shape index (κ2) is 7.42. The number of benzene rings is 1. The SMILES string of the molecule is CC(C)C[C@H](N)C(=O)N1CCN(c2ccc(C(F)(F)F)cc2)CC1. The standard InChI is InChI=1S/C17H24F3N3O/c1-12(2)11-15(21)16(24)23-9-7-22(8-10-23)14-5-3-13(4-6-14)17(18,19)20/h3-6,12,15H,7-11,21H2,1-2H3/t15-/m0/s1. The van der Waals surface area contributed by atoms with Crippen molar-refractivity contribution in [2.75, 3.05) is 31.1 Å². The average molecular weight is 343 g/mol. The summed E-state index contributed by atoms with van der Waals surface area (Å²) < 4.78 is 37.8. The molecule has 24 heavy (non-hydrogen) atoms. The number of nitrogens with two attached hydrogens (primary N) is 1. The van der Waals surface area contributed by atoms with Crippen molar-refractivity contribution in [3.05, 3.63) is 29.8 Å². The predicted octanol–water partition coefficient (Wildman–Crippen LogP) is 2.73. The summed E-state index contributed by atoms with van der Waals surface area (Å²) in [4.78, 5) is 16.0. The molecule has 0 radical (unpaired) electrons. The van der Waals surface area contributed by atoms with Crippen LogP contribution in [0.1, 0.15) is 25.8 Å². The maximum atomic E-state index is 12.6. The number of carbonyl (C=O) groups is 1. The molecule has 1 aliphatic heterocycles. The molecular weight excluding hydrogens is 319 g/mol. The number of hydrogen-bond donors (Lipinski definition) is 1. The molecule has 1 fully saturated rings. The summed E-state index contributed by atoms with van der Waals surface area (Å²) in [6.45, 7) is 6.29. The molecule has 0 bridgehead atoms. The van der Waals surface area contributed by atoms with Crippen LogP contribution in [0, 0.1) is 5.92 Å². The number of piperazine rings is 1. The van der Waals surface area contributed by atoms with Crippen LogP contribution < -0.4 is 10.6 Å². The molecule has 0 unspecified atom stereocenters. The Labute approximate surface area is 140 Å². The molecule has 4 nitrogen and oxygen atoms in total. The van der Waals surface area contributed by atoms with Gasteiger partial charge < -0.3 is 15.5 Å². The van der Waals surface area contributed by atoms with E-state index in [1.165, 1.54) is 12.1 Å². The van der Waals surface area contributed by atoms with E-state index in [1.54, 1.807) is 4.90 Å². The third kappa shape index (κ3) is 4.63. The highest BCUT2D eigenvalue weighted by atomic mass is 19.4. The number of alkyl halides is 3. The van der Waals surface area contributed by atoms with Gasteiger partial charge in [-0.25, -0.2) is 0 Å². The minimum absolute atomic E-state index is 0.0456. The fourth-order valence-electron chi connectivity index (χ4n) is 2.89. The highest BCUT2D eigenvalue weighted by molar-refractivity contribution is 5.82. The second-order valence-electron chi connectivity index (χ2n) is 6.59. The van der Waals surface area contributed by atoms with E-state index in [-0.39, 0.29) is 5.91 Å². The Balaban J connectivity index is 1.92. The van der Waals surface area contributed by atoms with Gasteiger partial charge in [0, 0.05) is 31.9 Å². The van der Waals surface area contributed by atoms with E-state index in [4.69, 9.17) is 5.73 Å². The van der Waals surface area contributed by atoms with E-state index >= 15 is 0 Å². The van der Waals surface area contributed by atoms with Crippen LogP contribution in [0.4, 0.5) is 18.9 Å². The molecule has 0 aliphatic carbocycles. The van der Waals surface area contributed by atoms with Crippen molar-refractivity contribution in [3.63, 3.8) is 0 Å². The van der Waals surface area contributed by atoms with Gasteiger partial charge in [-0.05, 0) is 36.6 Å². The molecule has 1 aromatic rings. The van der Waals surface area contributed by atoms with Crippen LogP contribution in [0.5, 0.6) is 0 Å². The van der Waals surface area contributed by atoms with Crippen molar-refractivity contribution in [2.45, 2.75) is 32.5 Å². The molecule has 1 atom stereocenters. The van der Waals surface area contributed by atoms with Crippen LogP contribution in [0.15, 0.2) is 24.3 Å². The lowest BCUT2D eigenvalue weighted by atomic mass is 10.0. The summed E-state index contributed by atoms with van der Waals surface area (Å²) in [5.41, 5.74) is 6.03. The normalized spacial score (nSPS) is 17.3. The minimum Gasteiger partial charge on any atom is -0.368 e. The molecule has 1 amide bonds. The lowest BCUT2D eigenvalue weighted by Crippen LogP contribution is -2.53. The van der Waals surface area contributed by atoms with E-state index < -0.39 is 17.8 Å². The Kier molecular flexibility index (Phi) is 5.74. The van der Waals surface area contributed by atoms with Gasteiger partial charge in [-0.2, -0.15) is 13.2 Å². The maximum absolute atomic E-state index is 12.6. The monoisotopic (exact) mass is 343 g/mol. The van der Waals surface area contributed by atoms with Crippen LogP contribution in [0.25, 0.3) is 0 Å². The average Bonchev–Trinajstić information content (AvgIpc) is 2.53. The van der Waals surface area contributed by atoms with Gasteiger partial charge in [-0.3, -0.25) is 4.79 Å². The van der Waals surface area contributed by atoms with Crippen LogP contribution in [0.2, 0.25) is 0 Å². The third-order valence-electron chi connectivity index (χ3n) is 4.19. The van der Waals surface area contributed by atoms with Gasteiger partial charge in [0.2, 0.25) is 5.91 Å². The van der Waals surface area contributed by atoms with Crippen molar-refractivity contribution in [3.8, 4) is 0 Å². The molecule has 7 heteroatoms. The topological polar surface area (TPSA) is 49.6 Å². The Morgan fingerprint density at radius 2 is 1.67 bits per heavy atom. The number of hydrogen-bond acceptors (Lipinski definition) is 3. The largest absolute Gasteiger partial charge is 0.416 e. The molecule has 2 N–H and O–H groups in total. The van der Waals surface area contributed by atoms with Crippen LogP contribution in [0.3, 0.4) is 0 Å². The van der Waals surface area contributed by atoms with Crippen molar-refractivity contribution < 1.29 is 18.0 Å². The van der Waals surface area contributed by atoms with E-state index in [0.717, 1.165) is 17.8 Å². The lowest BCUT2D eigenvalue weighted by molar-refractivity contribution is -0.137. The highest BCUT2D eigenvalue weighted by Gasteiger charge is 2.30. The molecule has 134 valence electrons. The summed E-state index contributed by atoms with van der Waals surface area (Å²) >= 11 is 0. The Hall–Kier alpha value is -1.76. The molecule has 1 aromatic carbocycles. The molecule has 0 aromatic heterocycles. The van der Waals surface area contributed by atoms with E-state index in [2.05, 4.69) is 0 Å². The predicted molar refractivity (Wildman–Crippen MR) is 87.7 cm³/mol. The van der Waals surface area contributed by atoms with Crippen molar-refractivity contribution in [2.24, 2.45) is 11.7 Å². The zero-order valence-electron chi connectivity index (χ0n) is 14.0. The number of amides is 1. The van der Waals surface area contributed by atoms with E-state index in [1.807, 2.05) is 18.7 Å². The first-order chi connectivity index (χ1) is 11.2. The first-order valence-electron chi connectivity index (χ1n) is 8.15. The quantitative estimate of drug-likeness (QED) is 0.914. The molecule has 0 spiro atoms. The summed E-state index contributed by atoms with van der Waals surface area (Å²) in [7, 11) is 0. The van der Waals surface area contributed by atoms with Crippen LogP contribution in [-0.4, -0.2) is 43.0 Å². The maximum Gasteiger partial charge on any atom is 0.416 e. The first-order valence-corrected chi connectivity index (χ1v) is 8.15. The number of anilines is 1. The Bertz CT molecular complexity index is 549.